The van der Waals surface area contributed by atoms with Gasteiger partial charge in [0.2, 0.25) is 0 Å². The van der Waals surface area contributed by atoms with Gasteiger partial charge in [-0.2, -0.15) is 0 Å². The van der Waals surface area contributed by atoms with Crippen LogP contribution < -0.4 is 5.32 Å². The molecule has 1 heterocycles. The zero-order chi connectivity index (χ0) is 5.82. The predicted octanol–water partition coefficient (Wildman–Crippen LogP) is -0.246. The van der Waals surface area contributed by atoms with Crippen molar-refractivity contribution in [3.63, 3.8) is 0 Å². The lowest BCUT2D eigenvalue weighted by molar-refractivity contribution is 0.339. The summed E-state index contributed by atoms with van der Waals surface area (Å²) in [5, 5.41) is 11.5. The highest BCUT2D eigenvalue weighted by Crippen LogP contribution is 2.02. The van der Waals surface area contributed by atoms with Gasteiger partial charge in [-0.1, -0.05) is 12.2 Å². The van der Waals surface area contributed by atoms with Crippen LogP contribution in [0.2, 0.25) is 0 Å². The Morgan fingerprint density at radius 3 is 2.75 bits per heavy atom. The first-order chi connectivity index (χ1) is 3.93. The summed E-state index contributed by atoms with van der Waals surface area (Å²) in [6.45, 7) is 2.34. The van der Waals surface area contributed by atoms with Crippen LogP contribution in [0.25, 0.3) is 0 Å². The maximum atomic E-state index is 8.33. The molecule has 0 bridgehead atoms. The second-order valence-electron chi connectivity index (χ2n) is 2.03. The first-order valence-corrected chi connectivity index (χ1v) is 2.91. The third kappa shape index (κ3) is 1.32. The molecule has 1 aliphatic rings. The van der Waals surface area contributed by atoms with Crippen molar-refractivity contribution in [3.8, 4) is 0 Å². The molecule has 1 saturated heterocycles. The van der Waals surface area contributed by atoms with Gasteiger partial charge in [0.15, 0.2) is 0 Å². The fourth-order valence-corrected chi connectivity index (χ4v) is 0.700. The lowest BCUT2D eigenvalue weighted by Crippen LogP contribution is -2.40. The van der Waals surface area contributed by atoms with Crippen molar-refractivity contribution in [1.82, 2.24) is 5.32 Å². The molecule has 0 saturated carbocycles. The van der Waals surface area contributed by atoms with E-state index in [1.807, 2.05) is 0 Å². The monoisotopic (exact) mass is 113 g/mol. The molecule has 2 N–H and O–H groups in total. The van der Waals surface area contributed by atoms with Crippen LogP contribution >= 0.6 is 0 Å². The summed E-state index contributed by atoms with van der Waals surface area (Å²) in [5.41, 5.74) is 0. The summed E-state index contributed by atoms with van der Waals surface area (Å²) < 4.78 is 0. The zero-order valence-corrected chi connectivity index (χ0v) is 4.80. The standard InChI is InChI=1S/C6H11NO/c8-3-1-2-6-4-7-5-6/h1-2,6-8H,3-5H2. The number of nitrogens with one attached hydrogen (secondary N) is 1. The second kappa shape index (κ2) is 2.84. The molecule has 0 aromatic rings. The summed E-state index contributed by atoms with van der Waals surface area (Å²) in [4.78, 5) is 0. The van der Waals surface area contributed by atoms with Gasteiger partial charge in [0.05, 0.1) is 6.61 Å². The number of rotatable bonds is 2. The Balaban J connectivity index is 2.08. The van der Waals surface area contributed by atoms with Gasteiger partial charge >= 0.3 is 0 Å². The maximum Gasteiger partial charge on any atom is 0.0612 e. The minimum Gasteiger partial charge on any atom is -0.392 e. The van der Waals surface area contributed by atoms with E-state index in [-0.39, 0.29) is 6.61 Å². The minimum absolute atomic E-state index is 0.177. The number of hydrogen-bond acceptors (Lipinski definition) is 2. The van der Waals surface area contributed by atoms with E-state index in [0.717, 1.165) is 13.1 Å². The van der Waals surface area contributed by atoms with Crippen LogP contribution in [0.4, 0.5) is 0 Å². The molecule has 0 aromatic heterocycles. The molecule has 0 unspecified atom stereocenters. The van der Waals surface area contributed by atoms with Crippen LogP contribution in [0.3, 0.4) is 0 Å². The number of aliphatic hydroxyl groups is 1. The lowest BCUT2D eigenvalue weighted by atomic mass is 10.0. The molecule has 2 nitrogen and oxygen atoms in total. The first-order valence-electron chi connectivity index (χ1n) is 2.91. The van der Waals surface area contributed by atoms with E-state index < -0.39 is 0 Å². The Morgan fingerprint density at radius 1 is 1.62 bits per heavy atom. The molecule has 0 aliphatic carbocycles. The van der Waals surface area contributed by atoms with Gasteiger partial charge in [-0.15, -0.1) is 0 Å². The SMILES string of the molecule is OCC=CC1CNC1. The average Bonchev–Trinajstić information content (AvgIpc) is 1.63. The van der Waals surface area contributed by atoms with Crippen molar-refractivity contribution in [2.24, 2.45) is 5.92 Å². The highest BCUT2D eigenvalue weighted by Gasteiger charge is 2.11. The highest BCUT2D eigenvalue weighted by atomic mass is 16.2. The molecule has 8 heavy (non-hydrogen) atoms. The molecular weight excluding hydrogens is 102 g/mol. The number of hydrogen-bond donors (Lipinski definition) is 2. The van der Waals surface area contributed by atoms with Gasteiger partial charge in [-0.05, 0) is 0 Å². The molecule has 0 atom stereocenters. The summed E-state index contributed by atoms with van der Waals surface area (Å²) in [5.74, 6) is 0.683. The molecule has 2 heteroatoms. The van der Waals surface area contributed by atoms with E-state index in [2.05, 4.69) is 11.4 Å². The van der Waals surface area contributed by atoms with Gasteiger partial charge in [-0.25, -0.2) is 0 Å². The Morgan fingerprint density at radius 2 is 2.38 bits per heavy atom. The van der Waals surface area contributed by atoms with Crippen LogP contribution in [0.1, 0.15) is 0 Å². The smallest absolute Gasteiger partial charge is 0.0612 e. The van der Waals surface area contributed by atoms with Gasteiger partial charge in [0, 0.05) is 19.0 Å². The Labute approximate surface area is 49.2 Å². The average molecular weight is 113 g/mol. The molecule has 0 spiro atoms. The Hall–Kier alpha value is -0.340. The normalized spacial score (nSPS) is 21.6. The fraction of sp³-hybridized carbons (Fsp3) is 0.667. The third-order valence-electron chi connectivity index (χ3n) is 1.33. The second-order valence-corrected chi connectivity index (χ2v) is 2.03. The van der Waals surface area contributed by atoms with E-state index in [9.17, 15) is 0 Å². The summed E-state index contributed by atoms with van der Waals surface area (Å²) in [6, 6.07) is 0. The largest absolute Gasteiger partial charge is 0.392 e. The Bertz CT molecular complexity index is 86.5. The van der Waals surface area contributed by atoms with Crippen LogP contribution in [-0.4, -0.2) is 24.8 Å². The van der Waals surface area contributed by atoms with Crippen molar-refractivity contribution in [2.75, 3.05) is 19.7 Å². The molecule has 1 fully saturated rings. The van der Waals surface area contributed by atoms with Crippen LogP contribution in [0.15, 0.2) is 12.2 Å². The van der Waals surface area contributed by atoms with Crippen LogP contribution in [0, 0.1) is 5.92 Å². The van der Waals surface area contributed by atoms with Gasteiger partial charge < -0.3 is 10.4 Å². The predicted molar refractivity (Wildman–Crippen MR) is 32.6 cm³/mol. The van der Waals surface area contributed by atoms with Crippen LogP contribution in [-0.2, 0) is 0 Å². The van der Waals surface area contributed by atoms with Crippen LogP contribution in [0.5, 0.6) is 0 Å². The molecule has 1 rings (SSSR count). The number of aliphatic hydroxyl groups excluding tert-OH is 1. The summed E-state index contributed by atoms with van der Waals surface area (Å²) >= 11 is 0. The van der Waals surface area contributed by atoms with E-state index in [1.54, 1.807) is 6.08 Å². The molecule has 46 valence electrons. The van der Waals surface area contributed by atoms with Crippen molar-refractivity contribution in [3.05, 3.63) is 12.2 Å². The molecule has 0 radical (unpaired) electrons. The van der Waals surface area contributed by atoms with E-state index >= 15 is 0 Å². The first kappa shape index (κ1) is 5.79. The molecule has 0 amide bonds. The quantitative estimate of drug-likeness (QED) is 0.484. The highest BCUT2D eigenvalue weighted by molar-refractivity contribution is 4.94. The fourth-order valence-electron chi connectivity index (χ4n) is 0.700. The van der Waals surface area contributed by atoms with Gasteiger partial charge in [-0.3, -0.25) is 0 Å². The Kier molecular flexibility index (Phi) is 2.06. The van der Waals surface area contributed by atoms with Crippen molar-refractivity contribution >= 4 is 0 Å². The zero-order valence-electron chi connectivity index (χ0n) is 4.80. The van der Waals surface area contributed by atoms with Crippen molar-refractivity contribution < 1.29 is 5.11 Å². The molecule has 1 aliphatic heterocycles. The molecular formula is C6H11NO. The van der Waals surface area contributed by atoms with E-state index in [4.69, 9.17) is 5.11 Å². The summed E-state index contributed by atoms with van der Waals surface area (Å²) in [7, 11) is 0. The van der Waals surface area contributed by atoms with E-state index in [0.29, 0.717) is 5.92 Å². The molecule has 0 aromatic carbocycles. The van der Waals surface area contributed by atoms with Gasteiger partial charge in [0.1, 0.15) is 0 Å². The summed E-state index contributed by atoms with van der Waals surface area (Å²) in [6.07, 6.45) is 3.85. The topological polar surface area (TPSA) is 32.3 Å². The maximum absolute atomic E-state index is 8.33. The third-order valence-corrected chi connectivity index (χ3v) is 1.33. The van der Waals surface area contributed by atoms with E-state index in [1.165, 1.54) is 0 Å². The lowest BCUT2D eigenvalue weighted by Gasteiger charge is -2.23. The van der Waals surface area contributed by atoms with Crippen molar-refractivity contribution in [2.45, 2.75) is 0 Å². The van der Waals surface area contributed by atoms with Gasteiger partial charge in [0.25, 0.3) is 0 Å². The van der Waals surface area contributed by atoms with Crippen molar-refractivity contribution in [1.29, 1.82) is 0 Å². The minimum atomic E-state index is 0.177.